The summed E-state index contributed by atoms with van der Waals surface area (Å²) in [6, 6.07) is 13.5. The summed E-state index contributed by atoms with van der Waals surface area (Å²) >= 11 is 0. The van der Waals surface area contributed by atoms with Gasteiger partial charge in [-0.05, 0) is 41.6 Å². The number of carbonyl (C=O) groups is 1. The highest BCUT2D eigenvalue weighted by Crippen LogP contribution is 2.10. The van der Waals surface area contributed by atoms with Crippen LogP contribution in [0.25, 0.3) is 5.69 Å². The van der Waals surface area contributed by atoms with Crippen LogP contribution in [-0.4, -0.2) is 26.1 Å². The molecule has 1 heterocycles. The molecule has 0 aliphatic heterocycles. The molecular weight excluding hydrogens is 297 g/mol. The summed E-state index contributed by atoms with van der Waals surface area (Å²) in [5, 5.41) is 14.1. The maximum absolute atomic E-state index is 13.6. The average molecular weight is 311 g/mol. The Labute approximate surface area is 132 Å². The van der Waals surface area contributed by atoms with E-state index in [1.54, 1.807) is 6.07 Å². The second kappa shape index (κ2) is 6.35. The van der Waals surface area contributed by atoms with Crippen LogP contribution in [0, 0.1) is 12.7 Å². The van der Waals surface area contributed by atoms with Crippen molar-refractivity contribution in [3.8, 4) is 5.69 Å². The summed E-state index contributed by atoms with van der Waals surface area (Å²) in [4.78, 5) is 12.0. The number of halogens is 1. The SMILES string of the molecule is Cc1ccc(-n2nnnc2CNC(=O)c2ccccc2F)cc1. The second-order valence-electron chi connectivity index (χ2n) is 5.00. The molecule has 0 bridgehead atoms. The minimum absolute atomic E-state index is 0.0122. The Hall–Kier alpha value is -3.09. The van der Waals surface area contributed by atoms with Gasteiger partial charge in [-0.25, -0.2) is 4.39 Å². The summed E-state index contributed by atoms with van der Waals surface area (Å²) in [5.74, 6) is -0.622. The zero-order chi connectivity index (χ0) is 16.2. The third kappa shape index (κ3) is 3.23. The van der Waals surface area contributed by atoms with Gasteiger partial charge in [-0.15, -0.1) is 5.10 Å². The van der Waals surface area contributed by atoms with Crippen molar-refractivity contribution in [1.29, 1.82) is 0 Å². The maximum Gasteiger partial charge on any atom is 0.254 e. The number of carbonyl (C=O) groups excluding carboxylic acids is 1. The molecule has 0 atom stereocenters. The van der Waals surface area contributed by atoms with Crippen LogP contribution in [-0.2, 0) is 6.54 Å². The molecule has 0 radical (unpaired) electrons. The Morgan fingerprint density at radius 1 is 1.17 bits per heavy atom. The highest BCUT2D eigenvalue weighted by Gasteiger charge is 2.13. The molecule has 0 spiro atoms. The van der Waals surface area contributed by atoms with Crippen molar-refractivity contribution in [2.75, 3.05) is 0 Å². The third-order valence-electron chi connectivity index (χ3n) is 3.34. The van der Waals surface area contributed by atoms with E-state index in [0.29, 0.717) is 5.82 Å². The molecule has 1 aromatic heterocycles. The van der Waals surface area contributed by atoms with E-state index in [-0.39, 0.29) is 12.1 Å². The van der Waals surface area contributed by atoms with Gasteiger partial charge in [-0.2, -0.15) is 4.68 Å². The van der Waals surface area contributed by atoms with E-state index in [0.717, 1.165) is 11.3 Å². The molecule has 1 amide bonds. The van der Waals surface area contributed by atoms with E-state index in [2.05, 4.69) is 20.8 Å². The Morgan fingerprint density at radius 2 is 1.91 bits per heavy atom. The molecule has 23 heavy (non-hydrogen) atoms. The number of hydrogen-bond acceptors (Lipinski definition) is 4. The summed E-state index contributed by atoms with van der Waals surface area (Å²) in [6.45, 7) is 2.08. The van der Waals surface area contributed by atoms with Crippen LogP contribution in [0.2, 0.25) is 0 Å². The quantitative estimate of drug-likeness (QED) is 0.800. The second-order valence-corrected chi connectivity index (χ2v) is 5.00. The molecule has 116 valence electrons. The van der Waals surface area contributed by atoms with Crippen LogP contribution in [0.15, 0.2) is 48.5 Å². The van der Waals surface area contributed by atoms with E-state index in [1.165, 1.54) is 22.9 Å². The highest BCUT2D eigenvalue weighted by molar-refractivity contribution is 5.94. The molecule has 0 fully saturated rings. The molecule has 0 saturated heterocycles. The van der Waals surface area contributed by atoms with Crippen molar-refractivity contribution in [1.82, 2.24) is 25.5 Å². The number of aromatic nitrogens is 4. The first-order chi connectivity index (χ1) is 11.1. The van der Waals surface area contributed by atoms with Crippen molar-refractivity contribution in [3.05, 3.63) is 71.3 Å². The number of hydrogen-bond donors (Lipinski definition) is 1. The zero-order valence-electron chi connectivity index (χ0n) is 12.4. The molecule has 0 aliphatic rings. The van der Waals surface area contributed by atoms with E-state index in [1.807, 2.05) is 31.2 Å². The van der Waals surface area contributed by atoms with Gasteiger partial charge >= 0.3 is 0 Å². The number of nitrogens with one attached hydrogen (secondary N) is 1. The smallest absolute Gasteiger partial charge is 0.254 e. The lowest BCUT2D eigenvalue weighted by atomic mass is 10.2. The molecule has 6 nitrogen and oxygen atoms in total. The Balaban J connectivity index is 1.75. The van der Waals surface area contributed by atoms with Gasteiger partial charge in [0.25, 0.3) is 5.91 Å². The van der Waals surface area contributed by atoms with Crippen LogP contribution >= 0.6 is 0 Å². The van der Waals surface area contributed by atoms with E-state index < -0.39 is 11.7 Å². The predicted octanol–water partition coefficient (Wildman–Crippen LogP) is 2.04. The van der Waals surface area contributed by atoms with E-state index in [9.17, 15) is 9.18 Å². The molecule has 0 aliphatic carbocycles. The highest BCUT2D eigenvalue weighted by atomic mass is 19.1. The standard InChI is InChI=1S/C16H14FN5O/c1-11-6-8-12(9-7-11)22-15(19-20-21-22)10-18-16(23)13-4-2-3-5-14(13)17/h2-9H,10H2,1H3,(H,18,23). The van der Waals surface area contributed by atoms with Crippen molar-refractivity contribution in [2.24, 2.45) is 0 Å². The topological polar surface area (TPSA) is 72.7 Å². The summed E-state index contributed by atoms with van der Waals surface area (Å²) < 4.78 is 15.1. The van der Waals surface area contributed by atoms with Crippen molar-refractivity contribution < 1.29 is 9.18 Å². The molecule has 3 rings (SSSR count). The largest absolute Gasteiger partial charge is 0.345 e. The normalized spacial score (nSPS) is 10.5. The fraction of sp³-hybridized carbons (Fsp3) is 0.125. The molecular formula is C16H14FN5O. The van der Waals surface area contributed by atoms with Crippen LogP contribution in [0.4, 0.5) is 4.39 Å². The Morgan fingerprint density at radius 3 is 2.65 bits per heavy atom. The lowest BCUT2D eigenvalue weighted by Crippen LogP contribution is -2.25. The van der Waals surface area contributed by atoms with Gasteiger partial charge in [-0.1, -0.05) is 29.8 Å². The Kier molecular flexibility index (Phi) is 4.09. The van der Waals surface area contributed by atoms with Crippen LogP contribution in [0.1, 0.15) is 21.7 Å². The van der Waals surface area contributed by atoms with Gasteiger partial charge in [0.1, 0.15) is 5.82 Å². The van der Waals surface area contributed by atoms with Gasteiger partial charge in [0.2, 0.25) is 0 Å². The minimum Gasteiger partial charge on any atom is -0.345 e. The van der Waals surface area contributed by atoms with Crippen molar-refractivity contribution >= 4 is 5.91 Å². The summed E-state index contributed by atoms with van der Waals surface area (Å²) in [6.07, 6.45) is 0. The van der Waals surface area contributed by atoms with Gasteiger partial charge in [0.05, 0.1) is 17.8 Å². The van der Waals surface area contributed by atoms with Gasteiger partial charge in [0.15, 0.2) is 5.82 Å². The average Bonchev–Trinajstić information content (AvgIpc) is 3.02. The lowest BCUT2D eigenvalue weighted by Gasteiger charge is -2.07. The molecule has 0 saturated carbocycles. The van der Waals surface area contributed by atoms with Gasteiger partial charge < -0.3 is 5.32 Å². The van der Waals surface area contributed by atoms with Crippen LogP contribution < -0.4 is 5.32 Å². The number of amides is 1. The maximum atomic E-state index is 13.6. The summed E-state index contributed by atoms with van der Waals surface area (Å²) in [5.41, 5.74) is 1.90. The van der Waals surface area contributed by atoms with E-state index >= 15 is 0 Å². The third-order valence-corrected chi connectivity index (χ3v) is 3.34. The van der Waals surface area contributed by atoms with Crippen LogP contribution in [0.5, 0.6) is 0 Å². The first-order valence-corrected chi connectivity index (χ1v) is 7.02. The Bertz CT molecular complexity index is 828. The molecule has 1 N–H and O–H groups in total. The lowest BCUT2D eigenvalue weighted by molar-refractivity contribution is 0.0945. The number of benzene rings is 2. The number of rotatable bonds is 4. The minimum atomic E-state index is -0.567. The monoisotopic (exact) mass is 311 g/mol. The predicted molar refractivity (Wildman–Crippen MR) is 81.5 cm³/mol. The van der Waals surface area contributed by atoms with Crippen LogP contribution in [0.3, 0.4) is 0 Å². The molecule has 7 heteroatoms. The van der Waals surface area contributed by atoms with Crippen molar-refractivity contribution in [2.45, 2.75) is 13.5 Å². The molecule has 0 unspecified atom stereocenters. The first kappa shape index (κ1) is 14.8. The summed E-state index contributed by atoms with van der Waals surface area (Å²) in [7, 11) is 0. The first-order valence-electron chi connectivity index (χ1n) is 7.02. The number of aryl methyl sites for hydroxylation is 1. The van der Waals surface area contributed by atoms with Gasteiger partial charge in [-0.3, -0.25) is 4.79 Å². The fourth-order valence-electron chi connectivity index (χ4n) is 2.10. The van der Waals surface area contributed by atoms with Gasteiger partial charge in [0, 0.05) is 0 Å². The number of nitrogens with zero attached hydrogens (tertiary/aromatic N) is 4. The molecule has 3 aromatic rings. The fourth-order valence-corrected chi connectivity index (χ4v) is 2.10. The molecule has 2 aromatic carbocycles. The van der Waals surface area contributed by atoms with Crippen molar-refractivity contribution in [3.63, 3.8) is 0 Å². The number of tetrazole rings is 1. The zero-order valence-corrected chi connectivity index (χ0v) is 12.4. The van der Waals surface area contributed by atoms with E-state index in [4.69, 9.17) is 0 Å².